The summed E-state index contributed by atoms with van der Waals surface area (Å²) in [7, 11) is 0. The molecule has 0 saturated heterocycles. The Morgan fingerprint density at radius 1 is 1.21 bits per heavy atom. The summed E-state index contributed by atoms with van der Waals surface area (Å²) in [5, 5.41) is 8.36. The zero-order chi connectivity index (χ0) is 15.0. The molecule has 0 radical (unpaired) electrons. The Balaban J connectivity index is 4.96. The summed E-state index contributed by atoms with van der Waals surface area (Å²) >= 11 is 0. The van der Waals surface area contributed by atoms with Gasteiger partial charge in [0, 0.05) is 12.3 Å². The number of allylic oxidation sites excluding steroid dienone is 6. The van der Waals surface area contributed by atoms with Crippen LogP contribution >= 0.6 is 0 Å². The van der Waals surface area contributed by atoms with Crippen LogP contribution in [0, 0.1) is 0 Å². The minimum Gasteiger partial charge on any atom is -0.476 e. The van der Waals surface area contributed by atoms with Crippen molar-refractivity contribution in [3.05, 3.63) is 59.6 Å². The summed E-state index contributed by atoms with van der Waals surface area (Å²) in [6.45, 7) is 12.8. The second kappa shape index (κ2) is 7.97. The lowest BCUT2D eigenvalue weighted by atomic mass is 10.1. The molecule has 0 heterocycles. The molecule has 0 rings (SSSR count). The molecule has 0 aliphatic rings. The van der Waals surface area contributed by atoms with Crippen LogP contribution in [0.4, 0.5) is 4.39 Å². The standard InChI is InChI=1S/C15H18FNO2/c1-6-10(2)7-11(3)12(4)9-17-13(5)8-14(16)15(18)19/h6-9H,1,5H2,2-4H3,(H,18,19)/b10-7-,12-11-,14-8+,17-9?. The van der Waals surface area contributed by atoms with Crippen LogP contribution in [0.25, 0.3) is 0 Å². The number of carboxylic acids is 1. The average Bonchev–Trinajstić information content (AvgIpc) is 2.35. The smallest absolute Gasteiger partial charge is 0.364 e. The maximum atomic E-state index is 12.8. The van der Waals surface area contributed by atoms with Crippen molar-refractivity contribution >= 4 is 12.2 Å². The number of rotatable bonds is 6. The molecule has 0 atom stereocenters. The highest BCUT2D eigenvalue weighted by atomic mass is 19.1. The molecule has 0 bridgehead atoms. The summed E-state index contributed by atoms with van der Waals surface area (Å²) in [4.78, 5) is 14.2. The van der Waals surface area contributed by atoms with Gasteiger partial charge in [-0.1, -0.05) is 30.9 Å². The molecule has 4 heteroatoms. The fourth-order valence-electron chi connectivity index (χ4n) is 1.04. The zero-order valence-electron chi connectivity index (χ0n) is 11.4. The number of nitrogens with zero attached hydrogens (tertiary/aromatic N) is 1. The van der Waals surface area contributed by atoms with E-state index in [1.807, 2.05) is 26.8 Å². The molecular formula is C15H18FNO2. The minimum absolute atomic E-state index is 0.0384. The van der Waals surface area contributed by atoms with Gasteiger partial charge in [0.05, 0.1) is 5.70 Å². The van der Waals surface area contributed by atoms with Gasteiger partial charge in [-0.3, -0.25) is 4.99 Å². The van der Waals surface area contributed by atoms with Gasteiger partial charge in [0.1, 0.15) is 0 Å². The SMILES string of the molecule is C=C/C(C)=C\C(C)=C(\C)C=NC(=C)/C=C(/F)C(=O)O. The summed E-state index contributed by atoms with van der Waals surface area (Å²) in [5.41, 5.74) is 2.90. The molecule has 0 fully saturated rings. The first-order chi connectivity index (χ1) is 8.77. The first-order valence-electron chi connectivity index (χ1n) is 5.59. The van der Waals surface area contributed by atoms with E-state index in [9.17, 15) is 9.18 Å². The van der Waals surface area contributed by atoms with Crippen LogP contribution in [0.1, 0.15) is 20.8 Å². The Kier molecular flexibility index (Phi) is 7.04. The molecule has 0 aromatic rings. The molecule has 0 spiro atoms. The monoisotopic (exact) mass is 263 g/mol. The third kappa shape index (κ3) is 6.93. The van der Waals surface area contributed by atoms with Crippen molar-refractivity contribution in [2.75, 3.05) is 0 Å². The lowest BCUT2D eigenvalue weighted by Crippen LogP contribution is -1.94. The van der Waals surface area contributed by atoms with Gasteiger partial charge in [0.15, 0.2) is 0 Å². The first-order valence-corrected chi connectivity index (χ1v) is 5.59. The van der Waals surface area contributed by atoms with E-state index in [0.29, 0.717) is 0 Å². The number of aliphatic imine (C=N–C) groups is 1. The number of aliphatic carboxylic acids is 1. The number of carbonyl (C=O) groups is 1. The Bertz CT molecular complexity index is 508. The van der Waals surface area contributed by atoms with Gasteiger partial charge in [0.2, 0.25) is 5.83 Å². The third-order valence-corrected chi connectivity index (χ3v) is 2.31. The molecule has 0 aromatic heterocycles. The van der Waals surface area contributed by atoms with Gasteiger partial charge < -0.3 is 5.11 Å². The van der Waals surface area contributed by atoms with E-state index in [1.165, 1.54) is 6.21 Å². The fraction of sp³-hybridized carbons (Fsp3) is 0.200. The first kappa shape index (κ1) is 16.8. The van der Waals surface area contributed by atoms with Crippen LogP contribution in [0.5, 0.6) is 0 Å². The highest BCUT2D eigenvalue weighted by Crippen LogP contribution is 2.09. The topological polar surface area (TPSA) is 49.7 Å². The Morgan fingerprint density at radius 2 is 1.79 bits per heavy atom. The van der Waals surface area contributed by atoms with Gasteiger partial charge >= 0.3 is 5.97 Å². The van der Waals surface area contributed by atoms with Crippen LogP contribution in [0.3, 0.4) is 0 Å². The summed E-state index contributed by atoms with van der Waals surface area (Å²) in [5.74, 6) is -2.92. The van der Waals surface area contributed by atoms with Crippen LogP contribution in [-0.2, 0) is 4.79 Å². The maximum Gasteiger partial charge on any atom is 0.364 e. The van der Waals surface area contributed by atoms with Crippen molar-refractivity contribution in [3.8, 4) is 0 Å². The predicted octanol–water partition coefficient (Wildman–Crippen LogP) is 3.98. The summed E-state index contributed by atoms with van der Waals surface area (Å²) in [6, 6.07) is 0. The number of carboxylic acid groups (broad SMARTS) is 1. The number of hydrogen-bond donors (Lipinski definition) is 1. The summed E-state index contributed by atoms with van der Waals surface area (Å²) in [6.07, 6.45) is 5.95. The van der Waals surface area contributed by atoms with Crippen molar-refractivity contribution in [1.29, 1.82) is 0 Å². The second-order valence-electron chi connectivity index (χ2n) is 4.01. The molecule has 19 heavy (non-hydrogen) atoms. The van der Waals surface area contributed by atoms with Crippen LogP contribution < -0.4 is 0 Å². The van der Waals surface area contributed by atoms with Crippen LogP contribution in [-0.4, -0.2) is 17.3 Å². The molecule has 102 valence electrons. The normalized spacial score (nSPS) is 14.3. The van der Waals surface area contributed by atoms with Gasteiger partial charge in [-0.15, -0.1) is 0 Å². The molecule has 0 unspecified atom stereocenters. The van der Waals surface area contributed by atoms with Crippen LogP contribution in [0.15, 0.2) is 64.6 Å². The molecule has 0 aromatic carbocycles. The van der Waals surface area contributed by atoms with E-state index in [-0.39, 0.29) is 5.70 Å². The Labute approximate surface area is 112 Å². The number of hydrogen-bond acceptors (Lipinski definition) is 2. The predicted molar refractivity (Wildman–Crippen MR) is 76.8 cm³/mol. The van der Waals surface area contributed by atoms with Crippen molar-refractivity contribution in [2.45, 2.75) is 20.8 Å². The van der Waals surface area contributed by atoms with Gasteiger partial charge in [-0.05, 0) is 31.9 Å². The highest BCUT2D eigenvalue weighted by molar-refractivity contribution is 5.85. The van der Waals surface area contributed by atoms with Crippen LogP contribution in [0.2, 0.25) is 0 Å². The lowest BCUT2D eigenvalue weighted by molar-refractivity contribution is -0.134. The van der Waals surface area contributed by atoms with Gasteiger partial charge in [0.25, 0.3) is 0 Å². The quantitative estimate of drug-likeness (QED) is 0.447. The molecule has 0 amide bonds. The van der Waals surface area contributed by atoms with E-state index < -0.39 is 11.8 Å². The Morgan fingerprint density at radius 3 is 2.26 bits per heavy atom. The van der Waals surface area contributed by atoms with Crippen molar-refractivity contribution in [2.24, 2.45) is 4.99 Å². The van der Waals surface area contributed by atoms with Crippen molar-refractivity contribution < 1.29 is 14.3 Å². The van der Waals surface area contributed by atoms with Crippen molar-refractivity contribution in [3.63, 3.8) is 0 Å². The van der Waals surface area contributed by atoms with E-state index in [4.69, 9.17) is 5.11 Å². The van der Waals surface area contributed by atoms with E-state index >= 15 is 0 Å². The molecule has 1 N–H and O–H groups in total. The van der Waals surface area contributed by atoms with Gasteiger partial charge in [-0.25, -0.2) is 4.79 Å². The third-order valence-electron chi connectivity index (χ3n) is 2.31. The van der Waals surface area contributed by atoms with E-state index in [0.717, 1.165) is 22.8 Å². The van der Waals surface area contributed by atoms with Crippen molar-refractivity contribution in [1.82, 2.24) is 0 Å². The fourth-order valence-corrected chi connectivity index (χ4v) is 1.04. The largest absolute Gasteiger partial charge is 0.476 e. The molecule has 3 nitrogen and oxygen atoms in total. The lowest BCUT2D eigenvalue weighted by Gasteiger charge is -1.99. The number of halogens is 1. The Hall–Kier alpha value is -2.23. The molecule has 0 aliphatic heterocycles. The molecular weight excluding hydrogens is 245 g/mol. The average molecular weight is 263 g/mol. The highest BCUT2D eigenvalue weighted by Gasteiger charge is 2.04. The second-order valence-corrected chi connectivity index (χ2v) is 4.01. The van der Waals surface area contributed by atoms with Gasteiger partial charge in [-0.2, -0.15) is 4.39 Å². The summed E-state index contributed by atoms with van der Waals surface area (Å²) < 4.78 is 12.8. The van der Waals surface area contributed by atoms with E-state index in [2.05, 4.69) is 18.2 Å². The minimum atomic E-state index is -1.63. The molecule has 0 saturated carbocycles. The zero-order valence-corrected chi connectivity index (χ0v) is 11.4. The maximum absolute atomic E-state index is 12.8. The molecule has 0 aliphatic carbocycles. The van der Waals surface area contributed by atoms with E-state index in [1.54, 1.807) is 6.08 Å².